The van der Waals surface area contributed by atoms with Crippen molar-refractivity contribution in [3.05, 3.63) is 57.6 Å². The molecule has 0 unspecified atom stereocenters. The summed E-state index contributed by atoms with van der Waals surface area (Å²) in [5, 5.41) is 18.7. The molecule has 0 amide bonds. The molecule has 1 saturated heterocycles. The molecule has 2 aromatic rings. The van der Waals surface area contributed by atoms with Crippen LogP contribution in [0.25, 0.3) is 0 Å². The molecule has 1 fully saturated rings. The molecular formula is C18H19N3O3. The fraction of sp³-hybridized carbons (Fsp3) is 0.333. The van der Waals surface area contributed by atoms with E-state index in [1.165, 1.54) is 6.07 Å². The molecule has 2 heterocycles. The second-order valence-corrected chi connectivity index (χ2v) is 5.91. The Balaban J connectivity index is 1.63. The van der Waals surface area contributed by atoms with Crippen molar-refractivity contribution in [2.75, 3.05) is 31.1 Å². The lowest BCUT2D eigenvalue weighted by Crippen LogP contribution is -2.46. The van der Waals surface area contributed by atoms with E-state index in [9.17, 15) is 9.90 Å². The Kier molecular flexibility index (Phi) is 4.54. The van der Waals surface area contributed by atoms with Gasteiger partial charge in [-0.05, 0) is 31.2 Å². The van der Waals surface area contributed by atoms with E-state index in [1.807, 2.05) is 24.3 Å². The highest BCUT2D eigenvalue weighted by atomic mass is 16.4. The van der Waals surface area contributed by atoms with Crippen LogP contribution in [0.3, 0.4) is 0 Å². The van der Waals surface area contributed by atoms with Crippen molar-refractivity contribution < 1.29 is 9.52 Å². The topological polar surface area (TPSA) is 80.7 Å². The van der Waals surface area contributed by atoms with Gasteiger partial charge in [-0.2, -0.15) is 5.26 Å². The minimum Gasteiger partial charge on any atom is -0.502 e. The van der Waals surface area contributed by atoms with Gasteiger partial charge in [0.25, 0.3) is 0 Å². The highest BCUT2D eigenvalue weighted by Crippen LogP contribution is 2.20. The molecule has 1 aliphatic rings. The minimum atomic E-state index is -0.398. The average Bonchev–Trinajstić information content (AvgIpc) is 2.60. The number of aryl methyl sites for hydroxylation is 1. The van der Waals surface area contributed by atoms with Gasteiger partial charge < -0.3 is 14.4 Å². The molecule has 6 nitrogen and oxygen atoms in total. The predicted molar refractivity (Wildman–Crippen MR) is 90.0 cm³/mol. The summed E-state index contributed by atoms with van der Waals surface area (Å²) in [7, 11) is 0. The zero-order chi connectivity index (χ0) is 17.1. The van der Waals surface area contributed by atoms with E-state index in [0.717, 1.165) is 31.9 Å². The maximum absolute atomic E-state index is 11.6. The zero-order valence-corrected chi connectivity index (χ0v) is 13.5. The molecule has 1 aromatic heterocycles. The number of piperazine rings is 1. The van der Waals surface area contributed by atoms with Crippen LogP contribution in [0.5, 0.6) is 5.75 Å². The largest absolute Gasteiger partial charge is 0.502 e. The van der Waals surface area contributed by atoms with Crippen molar-refractivity contribution in [3.63, 3.8) is 0 Å². The van der Waals surface area contributed by atoms with E-state index in [1.54, 1.807) is 6.92 Å². The molecule has 0 bridgehead atoms. The van der Waals surface area contributed by atoms with Crippen molar-refractivity contribution in [3.8, 4) is 11.8 Å². The first-order chi connectivity index (χ1) is 11.6. The van der Waals surface area contributed by atoms with E-state index < -0.39 is 5.43 Å². The predicted octanol–water partition coefficient (Wildman–Crippen LogP) is 1.85. The average molecular weight is 325 g/mol. The smallest absolute Gasteiger partial charge is 0.227 e. The molecule has 24 heavy (non-hydrogen) atoms. The second-order valence-electron chi connectivity index (χ2n) is 5.91. The Morgan fingerprint density at radius 2 is 1.88 bits per heavy atom. The zero-order valence-electron chi connectivity index (χ0n) is 13.5. The molecule has 0 atom stereocenters. The number of nitriles is 1. The molecular weight excluding hydrogens is 306 g/mol. The number of anilines is 1. The first-order valence-electron chi connectivity index (χ1n) is 7.87. The van der Waals surface area contributed by atoms with Gasteiger partial charge in [0.15, 0.2) is 5.76 Å². The van der Waals surface area contributed by atoms with Crippen molar-refractivity contribution in [1.82, 2.24) is 4.90 Å². The number of aromatic hydroxyl groups is 1. The summed E-state index contributed by atoms with van der Waals surface area (Å²) in [6.45, 7) is 5.40. The van der Waals surface area contributed by atoms with Crippen LogP contribution in [0.2, 0.25) is 0 Å². The van der Waals surface area contributed by atoms with Crippen LogP contribution in [0, 0.1) is 18.3 Å². The highest BCUT2D eigenvalue weighted by molar-refractivity contribution is 5.50. The summed E-state index contributed by atoms with van der Waals surface area (Å²) in [5.41, 5.74) is 1.35. The fourth-order valence-electron chi connectivity index (χ4n) is 2.88. The lowest BCUT2D eigenvalue weighted by Gasteiger charge is -2.35. The molecule has 124 valence electrons. The maximum Gasteiger partial charge on any atom is 0.227 e. The lowest BCUT2D eigenvalue weighted by molar-refractivity contribution is 0.220. The summed E-state index contributed by atoms with van der Waals surface area (Å²) < 4.78 is 5.49. The Morgan fingerprint density at radius 1 is 1.21 bits per heavy atom. The van der Waals surface area contributed by atoms with Gasteiger partial charge in [-0.3, -0.25) is 9.69 Å². The monoisotopic (exact) mass is 325 g/mol. The number of hydrogen-bond donors (Lipinski definition) is 1. The Hall–Kier alpha value is -2.78. The molecule has 0 spiro atoms. The van der Waals surface area contributed by atoms with Crippen LogP contribution in [-0.4, -0.2) is 36.2 Å². The van der Waals surface area contributed by atoms with Gasteiger partial charge in [0.05, 0.1) is 18.2 Å². The number of benzene rings is 1. The van der Waals surface area contributed by atoms with Crippen molar-refractivity contribution in [2.24, 2.45) is 0 Å². The first kappa shape index (κ1) is 16.1. The fourth-order valence-corrected chi connectivity index (χ4v) is 2.88. The van der Waals surface area contributed by atoms with Crippen LogP contribution in [-0.2, 0) is 6.54 Å². The third-order valence-electron chi connectivity index (χ3n) is 4.22. The van der Waals surface area contributed by atoms with Gasteiger partial charge in [0.2, 0.25) is 11.2 Å². The molecule has 3 rings (SSSR count). The lowest BCUT2D eigenvalue weighted by atomic mass is 10.2. The van der Waals surface area contributed by atoms with E-state index in [4.69, 9.17) is 9.68 Å². The molecule has 1 aliphatic heterocycles. The Bertz CT molecular complexity index is 813. The van der Waals surface area contributed by atoms with Crippen molar-refractivity contribution in [1.29, 1.82) is 5.26 Å². The molecule has 0 aliphatic carbocycles. The third-order valence-corrected chi connectivity index (χ3v) is 4.22. The van der Waals surface area contributed by atoms with Crippen LogP contribution in [0.4, 0.5) is 5.69 Å². The highest BCUT2D eigenvalue weighted by Gasteiger charge is 2.20. The van der Waals surface area contributed by atoms with Crippen LogP contribution >= 0.6 is 0 Å². The van der Waals surface area contributed by atoms with Crippen LogP contribution in [0.15, 0.2) is 39.5 Å². The van der Waals surface area contributed by atoms with E-state index in [-0.39, 0.29) is 5.75 Å². The summed E-state index contributed by atoms with van der Waals surface area (Å²) in [6, 6.07) is 11.0. The summed E-state index contributed by atoms with van der Waals surface area (Å²) in [6.07, 6.45) is 0. The Labute approximate surface area is 140 Å². The summed E-state index contributed by atoms with van der Waals surface area (Å²) in [5.74, 6) is 0.533. The SMILES string of the molecule is Cc1cc(=O)c(O)c(CN2CCN(c3ccc(C#N)cc3)CC2)o1. The number of hydrogen-bond acceptors (Lipinski definition) is 6. The van der Waals surface area contributed by atoms with E-state index >= 15 is 0 Å². The van der Waals surface area contributed by atoms with E-state index in [0.29, 0.717) is 23.6 Å². The quantitative estimate of drug-likeness (QED) is 0.927. The van der Waals surface area contributed by atoms with Gasteiger partial charge in [0.1, 0.15) is 5.76 Å². The molecule has 1 N–H and O–H groups in total. The number of nitrogens with zero attached hydrogens (tertiary/aromatic N) is 3. The first-order valence-corrected chi connectivity index (χ1v) is 7.87. The number of rotatable bonds is 3. The van der Waals surface area contributed by atoms with Crippen LogP contribution < -0.4 is 10.3 Å². The second kappa shape index (κ2) is 6.77. The van der Waals surface area contributed by atoms with Gasteiger partial charge in [0, 0.05) is 37.9 Å². The molecule has 1 aromatic carbocycles. The van der Waals surface area contributed by atoms with Gasteiger partial charge in [-0.15, -0.1) is 0 Å². The molecule has 0 saturated carbocycles. The van der Waals surface area contributed by atoms with Crippen molar-refractivity contribution in [2.45, 2.75) is 13.5 Å². The standard InChI is InChI=1S/C18H19N3O3/c1-13-10-16(22)18(23)17(24-13)12-20-6-8-21(9-7-20)15-4-2-14(11-19)3-5-15/h2-5,10,23H,6-9,12H2,1H3. The minimum absolute atomic E-state index is 0.296. The molecule has 6 heteroatoms. The van der Waals surface area contributed by atoms with Gasteiger partial charge >= 0.3 is 0 Å². The van der Waals surface area contributed by atoms with Gasteiger partial charge in [-0.1, -0.05) is 0 Å². The van der Waals surface area contributed by atoms with Crippen LogP contribution in [0.1, 0.15) is 17.1 Å². The van der Waals surface area contributed by atoms with Gasteiger partial charge in [-0.25, -0.2) is 0 Å². The normalized spacial score (nSPS) is 15.2. The maximum atomic E-state index is 11.6. The van der Waals surface area contributed by atoms with Crippen molar-refractivity contribution >= 4 is 5.69 Å². The third kappa shape index (κ3) is 3.42. The van der Waals surface area contributed by atoms with E-state index in [2.05, 4.69) is 15.9 Å². The molecule has 0 radical (unpaired) electrons. The summed E-state index contributed by atoms with van der Waals surface area (Å²) >= 11 is 0. The summed E-state index contributed by atoms with van der Waals surface area (Å²) in [4.78, 5) is 16.0. The Morgan fingerprint density at radius 3 is 2.50 bits per heavy atom.